The summed E-state index contributed by atoms with van der Waals surface area (Å²) in [6.45, 7) is 7.19. The highest BCUT2D eigenvalue weighted by Gasteiger charge is 2.32. The van der Waals surface area contributed by atoms with E-state index < -0.39 is 28.5 Å². The van der Waals surface area contributed by atoms with Crippen LogP contribution in [0.2, 0.25) is 0 Å². The van der Waals surface area contributed by atoms with E-state index in [4.69, 9.17) is 4.74 Å². The summed E-state index contributed by atoms with van der Waals surface area (Å²) in [5.74, 6) is -0.430. The number of carbonyl (C=O) groups excluding carboxylic acids is 2. The largest absolute Gasteiger partial charge is 0.495 e. The van der Waals surface area contributed by atoms with Crippen molar-refractivity contribution in [3.05, 3.63) is 59.7 Å². The predicted molar refractivity (Wildman–Crippen MR) is 134 cm³/mol. The van der Waals surface area contributed by atoms with Crippen LogP contribution in [0.3, 0.4) is 0 Å². The van der Waals surface area contributed by atoms with E-state index in [1.807, 2.05) is 52.0 Å². The number of amides is 2. The fraction of sp³-hybridized carbons (Fsp3) is 0.440. The van der Waals surface area contributed by atoms with Crippen LogP contribution in [0.15, 0.2) is 48.5 Å². The molecule has 1 atom stereocenters. The molecule has 8 nitrogen and oxygen atoms in total. The number of para-hydroxylation sites is 2. The maximum absolute atomic E-state index is 13.7. The molecule has 186 valence electrons. The van der Waals surface area contributed by atoms with Gasteiger partial charge in [-0.05, 0) is 44.9 Å². The first kappa shape index (κ1) is 27.2. The van der Waals surface area contributed by atoms with Gasteiger partial charge in [-0.25, -0.2) is 8.42 Å². The average Bonchev–Trinajstić information content (AvgIpc) is 2.76. The Balaban J connectivity index is 2.48. The Kier molecular flexibility index (Phi) is 9.49. The summed E-state index contributed by atoms with van der Waals surface area (Å²) >= 11 is 0. The number of benzene rings is 2. The van der Waals surface area contributed by atoms with Gasteiger partial charge in [-0.3, -0.25) is 13.9 Å². The molecule has 0 aromatic heterocycles. The Morgan fingerprint density at radius 3 is 2.32 bits per heavy atom. The SMILES string of the molecule is CCC(C(=O)NC(C)C)N(Cc1cccc(C)c1)C(=O)CN(c1ccccc1OC)S(C)(=O)=O. The number of hydrogen-bond donors (Lipinski definition) is 1. The molecule has 0 saturated carbocycles. The van der Waals surface area contributed by atoms with E-state index in [1.165, 1.54) is 12.0 Å². The second-order valence-electron chi connectivity index (χ2n) is 8.54. The van der Waals surface area contributed by atoms with Gasteiger partial charge in [0.05, 0.1) is 19.1 Å². The summed E-state index contributed by atoms with van der Waals surface area (Å²) < 4.78 is 31.7. The van der Waals surface area contributed by atoms with Crippen LogP contribution in [-0.4, -0.2) is 57.1 Å². The molecule has 0 spiro atoms. The van der Waals surface area contributed by atoms with Crippen molar-refractivity contribution in [3.63, 3.8) is 0 Å². The number of carbonyl (C=O) groups is 2. The van der Waals surface area contributed by atoms with Crippen molar-refractivity contribution in [2.45, 2.75) is 52.7 Å². The van der Waals surface area contributed by atoms with Crippen LogP contribution in [0.5, 0.6) is 5.75 Å². The number of aryl methyl sites for hydroxylation is 1. The summed E-state index contributed by atoms with van der Waals surface area (Å²) in [6.07, 6.45) is 1.42. The zero-order chi connectivity index (χ0) is 25.5. The van der Waals surface area contributed by atoms with Crippen molar-refractivity contribution >= 4 is 27.5 Å². The van der Waals surface area contributed by atoms with Crippen LogP contribution in [0.1, 0.15) is 38.3 Å². The molecular weight excluding hydrogens is 454 g/mol. The average molecular weight is 490 g/mol. The minimum atomic E-state index is -3.83. The van der Waals surface area contributed by atoms with E-state index in [9.17, 15) is 18.0 Å². The second-order valence-corrected chi connectivity index (χ2v) is 10.4. The third-order valence-corrected chi connectivity index (χ3v) is 6.41. The van der Waals surface area contributed by atoms with Crippen LogP contribution >= 0.6 is 0 Å². The number of hydrogen-bond acceptors (Lipinski definition) is 5. The van der Waals surface area contributed by atoms with Gasteiger partial charge in [-0.2, -0.15) is 0 Å². The molecule has 0 aliphatic heterocycles. The topological polar surface area (TPSA) is 96.0 Å². The van der Waals surface area contributed by atoms with Crippen molar-refractivity contribution in [1.82, 2.24) is 10.2 Å². The number of ether oxygens (including phenoxy) is 1. The van der Waals surface area contributed by atoms with E-state index in [1.54, 1.807) is 24.3 Å². The quantitative estimate of drug-likeness (QED) is 0.523. The molecule has 0 fully saturated rings. The fourth-order valence-corrected chi connectivity index (χ4v) is 4.59. The lowest BCUT2D eigenvalue weighted by Crippen LogP contribution is -2.53. The van der Waals surface area contributed by atoms with Crippen molar-refractivity contribution in [2.75, 3.05) is 24.2 Å². The van der Waals surface area contributed by atoms with Crippen LogP contribution in [0.25, 0.3) is 0 Å². The Morgan fingerprint density at radius 2 is 1.76 bits per heavy atom. The van der Waals surface area contributed by atoms with E-state index >= 15 is 0 Å². The molecule has 0 aliphatic carbocycles. The van der Waals surface area contributed by atoms with Crippen LogP contribution in [0, 0.1) is 6.92 Å². The van der Waals surface area contributed by atoms with Gasteiger partial charge in [0.1, 0.15) is 18.3 Å². The first-order valence-electron chi connectivity index (χ1n) is 11.2. The summed E-state index contributed by atoms with van der Waals surface area (Å²) in [5, 5.41) is 2.88. The molecule has 9 heteroatoms. The standard InChI is InChI=1S/C25H35N3O5S/c1-7-21(25(30)26-18(2)3)27(16-20-12-10-11-19(4)15-20)24(29)17-28(34(6,31)32)22-13-8-9-14-23(22)33-5/h8-15,18,21H,7,16-17H2,1-6H3,(H,26,30). The van der Waals surface area contributed by atoms with Gasteiger partial charge in [-0.15, -0.1) is 0 Å². The molecule has 0 radical (unpaired) electrons. The summed E-state index contributed by atoms with van der Waals surface area (Å²) in [6, 6.07) is 13.4. The summed E-state index contributed by atoms with van der Waals surface area (Å²) in [7, 11) is -2.39. The first-order chi connectivity index (χ1) is 16.0. The van der Waals surface area contributed by atoms with Gasteiger partial charge in [0.15, 0.2) is 0 Å². The third kappa shape index (κ3) is 7.21. The first-order valence-corrected chi connectivity index (χ1v) is 13.1. The second kappa shape index (κ2) is 11.9. The van der Waals surface area contributed by atoms with E-state index in [0.29, 0.717) is 12.2 Å². The van der Waals surface area contributed by atoms with Gasteiger partial charge in [0.2, 0.25) is 21.8 Å². The normalized spacial score (nSPS) is 12.2. The number of methoxy groups -OCH3 is 1. The summed E-state index contributed by atoms with van der Waals surface area (Å²) in [5.41, 5.74) is 2.14. The maximum atomic E-state index is 13.7. The molecule has 0 saturated heterocycles. The Hall–Kier alpha value is -3.07. The molecule has 2 rings (SSSR count). The lowest BCUT2D eigenvalue weighted by Gasteiger charge is -2.33. The van der Waals surface area contributed by atoms with Gasteiger partial charge in [0.25, 0.3) is 0 Å². The van der Waals surface area contributed by atoms with Crippen molar-refractivity contribution < 1.29 is 22.7 Å². The monoisotopic (exact) mass is 489 g/mol. The predicted octanol–water partition coefficient (Wildman–Crippen LogP) is 3.10. The smallest absolute Gasteiger partial charge is 0.244 e. The Morgan fingerprint density at radius 1 is 1.09 bits per heavy atom. The van der Waals surface area contributed by atoms with Crippen LogP contribution in [-0.2, 0) is 26.2 Å². The minimum absolute atomic E-state index is 0.0985. The van der Waals surface area contributed by atoms with Crippen molar-refractivity contribution in [2.24, 2.45) is 0 Å². The lowest BCUT2D eigenvalue weighted by atomic mass is 10.1. The summed E-state index contributed by atoms with van der Waals surface area (Å²) in [4.78, 5) is 28.1. The van der Waals surface area contributed by atoms with Gasteiger partial charge in [0, 0.05) is 12.6 Å². The lowest BCUT2D eigenvalue weighted by molar-refractivity contribution is -0.140. The highest BCUT2D eigenvalue weighted by molar-refractivity contribution is 7.92. The molecule has 1 N–H and O–H groups in total. The molecule has 1 unspecified atom stereocenters. The van der Waals surface area contributed by atoms with E-state index in [-0.39, 0.29) is 24.2 Å². The molecule has 0 aliphatic rings. The number of nitrogens with one attached hydrogen (secondary N) is 1. The zero-order valence-electron chi connectivity index (χ0n) is 20.7. The number of rotatable bonds is 11. The molecular formula is C25H35N3O5S. The maximum Gasteiger partial charge on any atom is 0.244 e. The third-order valence-electron chi connectivity index (χ3n) is 5.29. The molecule has 34 heavy (non-hydrogen) atoms. The van der Waals surface area contributed by atoms with Gasteiger partial charge < -0.3 is 15.0 Å². The van der Waals surface area contributed by atoms with Crippen molar-refractivity contribution in [3.8, 4) is 5.75 Å². The highest BCUT2D eigenvalue weighted by Crippen LogP contribution is 2.29. The molecule has 0 heterocycles. The highest BCUT2D eigenvalue weighted by atomic mass is 32.2. The van der Waals surface area contributed by atoms with E-state index in [0.717, 1.165) is 21.7 Å². The Labute approximate surface area is 202 Å². The molecule has 0 bridgehead atoms. The minimum Gasteiger partial charge on any atom is -0.495 e. The van der Waals surface area contributed by atoms with Gasteiger partial charge >= 0.3 is 0 Å². The number of sulfonamides is 1. The van der Waals surface area contributed by atoms with Crippen LogP contribution in [0.4, 0.5) is 5.69 Å². The number of anilines is 1. The zero-order valence-corrected chi connectivity index (χ0v) is 21.6. The molecule has 2 aromatic rings. The van der Waals surface area contributed by atoms with Gasteiger partial charge in [-0.1, -0.05) is 48.9 Å². The number of nitrogens with zero attached hydrogens (tertiary/aromatic N) is 2. The van der Waals surface area contributed by atoms with Crippen LogP contribution < -0.4 is 14.4 Å². The van der Waals surface area contributed by atoms with E-state index in [2.05, 4.69) is 5.32 Å². The molecule has 2 amide bonds. The molecule has 2 aromatic carbocycles. The Bertz CT molecular complexity index is 1100. The van der Waals surface area contributed by atoms with Crippen molar-refractivity contribution in [1.29, 1.82) is 0 Å². The fourth-order valence-electron chi connectivity index (χ4n) is 3.74.